The molecule has 2 aliphatic rings. The van der Waals surface area contributed by atoms with Crippen LogP contribution in [0.1, 0.15) is 51.0 Å². The maximum Gasteiger partial charge on any atom is 0.407 e. The number of nitrogens with one attached hydrogen (secondary N) is 2. The Kier molecular flexibility index (Phi) is 14.8. The van der Waals surface area contributed by atoms with E-state index in [0.717, 1.165) is 37.8 Å². The van der Waals surface area contributed by atoms with Crippen LogP contribution in [0.5, 0.6) is 0 Å². The summed E-state index contributed by atoms with van der Waals surface area (Å²) in [5, 5.41) is 8.69. The number of hydrazine groups is 1. The van der Waals surface area contributed by atoms with E-state index in [1.54, 1.807) is 34.0 Å². The van der Waals surface area contributed by atoms with Gasteiger partial charge in [0.25, 0.3) is 0 Å². The highest BCUT2D eigenvalue weighted by atomic mass is 19.1. The predicted molar refractivity (Wildman–Crippen MR) is 154 cm³/mol. The van der Waals surface area contributed by atoms with E-state index in [1.807, 2.05) is 7.05 Å². The summed E-state index contributed by atoms with van der Waals surface area (Å²) in [5.41, 5.74) is 1.10. The molecule has 2 aliphatic heterocycles. The van der Waals surface area contributed by atoms with Crippen LogP contribution in [-0.2, 0) is 25.7 Å². The van der Waals surface area contributed by atoms with E-state index in [9.17, 15) is 23.6 Å². The third-order valence-electron chi connectivity index (χ3n) is 6.93. The fourth-order valence-electron chi connectivity index (χ4n) is 4.87. The summed E-state index contributed by atoms with van der Waals surface area (Å²) >= 11 is 0. The number of likely N-dealkylation sites (N-methyl/N-ethyl adjacent to an activating group) is 1. The average Bonchev–Trinajstić information content (AvgIpc) is 2.95. The Morgan fingerprint density at radius 2 is 1.90 bits per heavy atom. The fraction of sp³-hybridized carbons (Fsp3) is 0.586. The van der Waals surface area contributed by atoms with Crippen molar-refractivity contribution in [2.24, 2.45) is 0 Å². The van der Waals surface area contributed by atoms with Crippen LogP contribution in [0.4, 0.5) is 9.18 Å². The molecule has 1 aromatic carbocycles. The molecule has 11 nitrogen and oxygen atoms in total. The Hall–Kier alpha value is -3.51. The maximum absolute atomic E-state index is 13.2. The van der Waals surface area contributed by atoms with Crippen molar-refractivity contribution >= 4 is 24.3 Å². The number of benzene rings is 1. The van der Waals surface area contributed by atoms with Gasteiger partial charge in [0.2, 0.25) is 18.2 Å². The van der Waals surface area contributed by atoms with E-state index in [2.05, 4.69) is 24.1 Å². The van der Waals surface area contributed by atoms with Crippen LogP contribution < -0.4 is 10.6 Å². The zero-order chi connectivity index (χ0) is 30.2. The number of amides is 4. The minimum Gasteiger partial charge on any atom is -0.445 e. The van der Waals surface area contributed by atoms with Crippen LogP contribution in [0.25, 0.3) is 0 Å². The van der Waals surface area contributed by atoms with Crippen molar-refractivity contribution in [3.8, 4) is 0 Å². The number of rotatable bonds is 14. The summed E-state index contributed by atoms with van der Waals surface area (Å²) in [6.07, 6.45) is 6.16. The van der Waals surface area contributed by atoms with Gasteiger partial charge in [-0.25, -0.2) is 14.2 Å². The van der Waals surface area contributed by atoms with Gasteiger partial charge in [-0.2, -0.15) is 0 Å². The lowest BCUT2D eigenvalue weighted by atomic mass is 10.0. The monoisotopic (exact) mass is 576 g/mol. The summed E-state index contributed by atoms with van der Waals surface area (Å²) < 4.78 is 17.2. The predicted octanol–water partition coefficient (Wildman–Crippen LogP) is 2.49. The number of hydrogen-bond acceptors (Lipinski definition) is 7. The summed E-state index contributed by atoms with van der Waals surface area (Å²) in [6.45, 7) is 7.81. The average molecular weight is 577 g/mol. The number of alkyl carbamates (subject to hydrolysis) is 1. The quantitative estimate of drug-likeness (QED) is 0.199. The molecular formula is C29H45FN6O5. The van der Waals surface area contributed by atoms with Gasteiger partial charge < -0.3 is 25.2 Å². The molecule has 1 aromatic rings. The first-order valence-corrected chi connectivity index (χ1v) is 14.2. The van der Waals surface area contributed by atoms with Crippen molar-refractivity contribution in [3.05, 3.63) is 48.3 Å². The smallest absolute Gasteiger partial charge is 0.407 e. The highest BCUT2D eigenvalue weighted by Gasteiger charge is 2.48. The number of piperazine rings is 1. The minimum atomic E-state index is -0.653. The largest absolute Gasteiger partial charge is 0.445 e. The molecule has 2 N–H and O–H groups in total. The zero-order valence-corrected chi connectivity index (χ0v) is 24.5. The molecule has 2 saturated heterocycles. The Morgan fingerprint density at radius 3 is 2.54 bits per heavy atom. The molecule has 2 fully saturated rings. The Balaban J connectivity index is 0.000000493. The minimum absolute atomic E-state index is 0.0433. The number of hydrogen-bond donors (Lipinski definition) is 2. The van der Waals surface area contributed by atoms with Crippen LogP contribution in [0.15, 0.2) is 36.9 Å². The molecule has 0 radical (unpaired) electrons. The van der Waals surface area contributed by atoms with Crippen LogP contribution >= 0.6 is 0 Å². The standard InChI is InChI=1S/C21H35N5O5.C8H10FN/c1-4-6-7-8-12-24-14-18-25(16-27)23(3)15-19(28)26(18)17(20(24)29)10-9-11-22-21(30)31-13-5-2;1-10-6-7-2-4-8(9)5-3-7/h5,16-18H,2,4,6-15H2,1,3H3,(H,22,30);2-5,10H,6H2,1H3/t17-,18?;/m0./s1. The van der Waals surface area contributed by atoms with E-state index in [0.29, 0.717) is 38.9 Å². The summed E-state index contributed by atoms with van der Waals surface area (Å²) in [4.78, 5) is 52.6. The van der Waals surface area contributed by atoms with Crippen molar-refractivity contribution in [1.82, 2.24) is 30.5 Å². The third-order valence-corrected chi connectivity index (χ3v) is 6.93. The van der Waals surface area contributed by atoms with Gasteiger partial charge in [-0.1, -0.05) is 51.0 Å². The molecule has 228 valence electrons. The van der Waals surface area contributed by atoms with Crippen molar-refractivity contribution in [2.45, 2.75) is 64.2 Å². The number of halogens is 1. The molecule has 0 spiro atoms. The van der Waals surface area contributed by atoms with E-state index in [-0.39, 0.29) is 30.8 Å². The van der Waals surface area contributed by atoms with Gasteiger partial charge in [0.15, 0.2) is 0 Å². The highest BCUT2D eigenvalue weighted by Crippen LogP contribution is 2.27. The molecule has 12 heteroatoms. The zero-order valence-electron chi connectivity index (χ0n) is 24.5. The van der Waals surface area contributed by atoms with Gasteiger partial charge >= 0.3 is 6.09 Å². The van der Waals surface area contributed by atoms with Gasteiger partial charge in [-0.3, -0.25) is 19.4 Å². The fourth-order valence-corrected chi connectivity index (χ4v) is 4.87. The molecule has 0 aromatic heterocycles. The molecule has 2 heterocycles. The second-order valence-electron chi connectivity index (χ2n) is 10.1. The van der Waals surface area contributed by atoms with Crippen LogP contribution in [0.3, 0.4) is 0 Å². The van der Waals surface area contributed by atoms with Gasteiger partial charge in [-0.05, 0) is 44.0 Å². The first-order chi connectivity index (χ1) is 19.8. The molecule has 2 atom stereocenters. The first kappa shape index (κ1) is 33.7. The van der Waals surface area contributed by atoms with Crippen LogP contribution in [-0.4, -0.2) is 103 Å². The number of carbonyl (C=O) groups is 4. The Labute approximate surface area is 242 Å². The molecule has 3 rings (SSSR count). The lowest BCUT2D eigenvalue weighted by Gasteiger charge is -2.53. The van der Waals surface area contributed by atoms with Gasteiger partial charge in [-0.15, -0.1) is 0 Å². The van der Waals surface area contributed by atoms with Gasteiger partial charge in [0.05, 0.1) is 13.1 Å². The highest BCUT2D eigenvalue weighted by molar-refractivity contribution is 5.90. The lowest BCUT2D eigenvalue weighted by molar-refractivity contribution is -0.196. The van der Waals surface area contributed by atoms with Crippen molar-refractivity contribution in [2.75, 3.05) is 46.9 Å². The van der Waals surface area contributed by atoms with E-state index < -0.39 is 18.3 Å². The second kappa shape index (κ2) is 18.0. The van der Waals surface area contributed by atoms with Gasteiger partial charge in [0, 0.05) is 26.7 Å². The number of unbranched alkanes of at least 4 members (excludes halogenated alkanes) is 3. The van der Waals surface area contributed by atoms with Gasteiger partial charge in [0.1, 0.15) is 24.6 Å². The molecule has 0 bridgehead atoms. The second-order valence-corrected chi connectivity index (χ2v) is 10.1. The Morgan fingerprint density at radius 1 is 1.17 bits per heavy atom. The molecule has 0 saturated carbocycles. The van der Waals surface area contributed by atoms with Crippen molar-refractivity contribution in [3.63, 3.8) is 0 Å². The number of nitrogens with zero attached hydrogens (tertiary/aromatic N) is 4. The summed E-state index contributed by atoms with van der Waals surface area (Å²) in [5.74, 6) is -0.446. The van der Waals surface area contributed by atoms with E-state index in [4.69, 9.17) is 4.74 Å². The third kappa shape index (κ3) is 10.4. The SMILES string of the molecule is C=CCOC(=O)NCCC[C@H]1C(=O)N(CCCCCC)CC2N1C(=O)CN(C)N2C=O.CNCc1ccc(F)cc1. The molecular weight excluding hydrogens is 531 g/mol. The topological polar surface area (TPSA) is 115 Å². The molecule has 1 unspecified atom stereocenters. The number of fused-ring (bicyclic) bond motifs is 1. The number of carbonyl (C=O) groups excluding carboxylic acids is 4. The molecule has 4 amide bonds. The molecule has 41 heavy (non-hydrogen) atoms. The van der Waals surface area contributed by atoms with Crippen molar-refractivity contribution in [1.29, 1.82) is 0 Å². The Bertz CT molecular complexity index is 994. The number of ether oxygens (including phenoxy) is 1. The summed E-state index contributed by atoms with van der Waals surface area (Å²) in [7, 11) is 3.56. The van der Waals surface area contributed by atoms with E-state index in [1.165, 1.54) is 23.2 Å². The lowest BCUT2D eigenvalue weighted by Crippen LogP contribution is -2.74. The van der Waals surface area contributed by atoms with Crippen LogP contribution in [0, 0.1) is 5.82 Å². The summed E-state index contributed by atoms with van der Waals surface area (Å²) in [6, 6.07) is 5.82. The maximum atomic E-state index is 13.2. The van der Waals surface area contributed by atoms with Crippen LogP contribution in [0.2, 0.25) is 0 Å². The molecule has 0 aliphatic carbocycles. The first-order valence-electron chi connectivity index (χ1n) is 14.2. The van der Waals surface area contributed by atoms with Crippen molar-refractivity contribution < 1.29 is 28.3 Å². The van der Waals surface area contributed by atoms with E-state index >= 15 is 0 Å². The normalized spacial score (nSPS) is 18.8.